The Hall–Kier alpha value is -3.46. The summed E-state index contributed by atoms with van der Waals surface area (Å²) in [6, 6.07) is 37.6. The highest BCUT2D eigenvalue weighted by Crippen LogP contribution is 2.39. The first-order chi connectivity index (χ1) is 27.0. The first kappa shape index (κ1) is 42.2. The second kappa shape index (κ2) is 19.8. The molecule has 0 unspecified atom stereocenters. The van der Waals surface area contributed by atoms with Gasteiger partial charge in [0.05, 0.1) is 46.8 Å². The van der Waals surface area contributed by atoms with Crippen molar-refractivity contribution in [1.82, 2.24) is 0 Å². The zero-order valence-corrected chi connectivity index (χ0v) is 34.5. The summed E-state index contributed by atoms with van der Waals surface area (Å²) in [4.78, 5) is 0. The van der Waals surface area contributed by atoms with Crippen LogP contribution in [-0.2, 0) is 64.0 Å². The Kier molecular flexibility index (Phi) is 14.9. The minimum absolute atomic E-state index is 0.00974. The van der Waals surface area contributed by atoms with Crippen LogP contribution in [0.15, 0.2) is 115 Å². The Balaban J connectivity index is 1.24. The molecule has 2 saturated heterocycles. The number of ether oxygens (including phenoxy) is 8. The number of hydrogen-bond acceptors (Lipinski definition) is 10. The average Bonchev–Trinajstić information content (AvgIpc) is 3.69. The first-order valence-electron chi connectivity index (χ1n) is 19.5. The number of hydrogen-bond donors (Lipinski definition) is 1. The molecule has 11 heteroatoms. The molecule has 0 saturated carbocycles. The monoisotopic (exact) mass is 786 g/mol. The van der Waals surface area contributed by atoms with Gasteiger partial charge in [0.1, 0.15) is 42.4 Å². The fourth-order valence-corrected chi connectivity index (χ4v) is 7.49. The molecule has 0 aliphatic carbocycles. The van der Waals surface area contributed by atoms with Crippen LogP contribution in [0.1, 0.15) is 43.0 Å². The molecule has 6 rings (SSSR count). The average molecular weight is 787 g/mol. The van der Waals surface area contributed by atoms with Gasteiger partial charge in [0.15, 0.2) is 20.9 Å². The molecule has 10 nitrogen and oxygen atoms in total. The van der Waals surface area contributed by atoms with Crippen LogP contribution < -0.4 is 4.74 Å². The first-order valence-corrected chi connectivity index (χ1v) is 22.4. The molecular formula is C45H58O10Si. The SMILES string of the molecule is COc1ccc(COC[C@H]2O[C@H](O)[C@@H](O[C@@H]3O[C@H](CO[Si](C)(C)C(C)(C)C)[C@@H](OCc4ccccc4)[C@@H]3OCc3ccccc3)[C@@H]2OCc2ccccc2)cc1. The van der Waals surface area contributed by atoms with Gasteiger partial charge in [-0.2, -0.15) is 0 Å². The third-order valence-electron chi connectivity index (χ3n) is 10.8. The van der Waals surface area contributed by atoms with Crippen LogP contribution in [0.5, 0.6) is 5.75 Å². The van der Waals surface area contributed by atoms with E-state index in [0.29, 0.717) is 26.4 Å². The highest BCUT2D eigenvalue weighted by molar-refractivity contribution is 6.74. The lowest BCUT2D eigenvalue weighted by atomic mass is 10.1. The highest BCUT2D eigenvalue weighted by atomic mass is 28.4. The van der Waals surface area contributed by atoms with Gasteiger partial charge in [-0.1, -0.05) is 124 Å². The maximum absolute atomic E-state index is 11.5. The van der Waals surface area contributed by atoms with Gasteiger partial charge in [-0.25, -0.2) is 0 Å². The molecule has 0 radical (unpaired) electrons. The summed E-state index contributed by atoms with van der Waals surface area (Å²) in [6.07, 6.45) is -6.30. The number of methoxy groups -OCH3 is 1. The Morgan fingerprint density at radius 1 is 0.571 bits per heavy atom. The van der Waals surface area contributed by atoms with E-state index in [4.69, 9.17) is 42.3 Å². The third-order valence-corrected chi connectivity index (χ3v) is 15.3. The van der Waals surface area contributed by atoms with Crippen molar-refractivity contribution in [2.24, 2.45) is 0 Å². The van der Waals surface area contributed by atoms with Crippen LogP contribution in [0.4, 0.5) is 0 Å². The predicted octanol–water partition coefficient (Wildman–Crippen LogP) is 7.82. The number of aliphatic hydroxyl groups excluding tert-OH is 1. The van der Waals surface area contributed by atoms with Crippen molar-refractivity contribution < 1.29 is 47.4 Å². The van der Waals surface area contributed by atoms with Gasteiger partial charge in [-0.05, 0) is 52.5 Å². The van der Waals surface area contributed by atoms with Crippen molar-refractivity contribution in [3.63, 3.8) is 0 Å². The predicted molar refractivity (Wildman–Crippen MR) is 215 cm³/mol. The van der Waals surface area contributed by atoms with Crippen LogP contribution in [-0.4, -0.2) is 83.0 Å². The molecule has 0 aromatic heterocycles. The fourth-order valence-electron chi connectivity index (χ4n) is 6.48. The molecule has 56 heavy (non-hydrogen) atoms. The second-order valence-electron chi connectivity index (χ2n) is 15.9. The Labute approximate surface area is 333 Å². The molecule has 8 atom stereocenters. The minimum Gasteiger partial charge on any atom is -0.497 e. The normalized spacial score (nSPS) is 25.4. The molecule has 302 valence electrons. The summed E-state index contributed by atoms with van der Waals surface area (Å²) >= 11 is 0. The van der Waals surface area contributed by atoms with Crippen molar-refractivity contribution in [1.29, 1.82) is 0 Å². The van der Waals surface area contributed by atoms with E-state index in [0.717, 1.165) is 28.0 Å². The summed E-state index contributed by atoms with van der Waals surface area (Å²) in [5.74, 6) is 0.770. The Morgan fingerprint density at radius 3 is 1.54 bits per heavy atom. The molecule has 2 aliphatic rings. The van der Waals surface area contributed by atoms with E-state index in [1.165, 1.54) is 0 Å². The van der Waals surface area contributed by atoms with Crippen molar-refractivity contribution in [2.75, 3.05) is 20.3 Å². The lowest BCUT2D eigenvalue weighted by molar-refractivity contribution is -0.246. The molecule has 2 heterocycles. The summed E-state index contributed by atoms with van der Waals surface area (Å²) in [6.45, 7) is 12.8. The lowest BCUT2D eigenvalue weighted by Crippen LogP contribution is -2.46. The standard InChI is InChI=1S/C45H58O10Si/c1-45(2,3)56(5,6)52-31-38-40(50-28-33-18-12-8-13-19-33)42(51-29-34-20-14-9-15-21-34)44(54-38)55-41-39(49-27-32-16-10-7-11-17-32)37(53-43(41)46)30-48-26-35-22-24-36(47-4)25-23-35/h7-25,37-44,46H,26-31H2,1-6H3/t37-,38-,39-,40-,41+,42+,43+,44+/m1/s1. The van der Waals surface area contributed by atoms with Crippen molar-refractivity contribution in [3.05, 3.63) is 138 Å². The van der Waals surface area contributed by atoms with Crippen molar-refractivity contribution in [3.8, 4) is 5.75 Å². The molecular weight excluding hydrogens is 729 g/mol. The molecule has 1 N–H and O–H groups in total. The van der Waals surface area contributed by atoms with E-state index < -0.39 is 57.5 Å². The van der Waals surface area contributed by atoms with E-state index in [2.05, 4.69) is 33.9 Å². The van der Waals surface area contributed by atoms with Gasteiger partial charge in [0, 0.05) is 0 Å². The zero-order valence-electron chi connectivity index (χ0n) is 33.5. The third kappa shape index (κ3) is 11.3. The Bertz CT molecular complexity index is 1720. The van der Waals surface area contributed by atoms with Crippen LogP contribution >= 0.6 is 0 Å². The van der Waals surface area contributed by atoms with Crippen LogP contribution in [0.2, 0.25) is 18.1 Å². The van der Waals surface area contributed by atoms with Crippen LogP contribution in [0, 0.1) is 0 Å². The molecule has 0 bridgehead atoms. The van der Waals surface area contributed by atoms with E-state index in [1.54, 1.807) is 7.11 Å². The lowest BCUT2D eigenvalue weighted by Gasteiger charge is -2.37. The molecule has 4 aromatic carbocycles. The van der Waals surface area contributed by atoms with Crippen LogP contribution in [0.25, 0.3) is 0 Å². The van der Waals surface area contributed by atoms with E-state index in [-0.39, 0.29) is 18.3 Å². The topological polar surface area (TPSA) is 103 Å². The molecule has 2 aliphatic heterocycles. The van der Waals surface area contributed by atoms with Gasteiger partial charge in [0.2, 0.25) is 0 Å². The maximum Gasteiger partial charge on any atom is 0.192 e. The summed E-state index contributed by atoms with van der Waals surface area (Å²) < 4.78 is 57.7. The summed E-state index contributed by atoms with van der Waals surface area (Å²) in [5.41, 5.74) is 3.97. The van der Waals surface area contributed by atoms with Crippen molar-refractivity contribution in [2.45, 2.75) is 115 Å². The van der Waals surface area contributed by atoms with E-state index >= 15 is 0 Å². The molecule has 2 fully saturated rings. The number of rotatable bonds is 19. The Morgan fingerprint density at radius 2 is 1.04 bits per heavy atom. The molecule has 0 amide bonds. The van der Waals surface area contributed by atoms with Gasteiger partial charge in [-0.15, -0.1) is 0 Å². The highest BCUT2D eigenvalue weighted by Gasteiger charge is 2.53. The van der Waals surface area contributed by atoms with E-state index in [9.17, 15) is 5.11 Å². The largest absolute Gasteiger partial charge is 0.497 e. The number of benzene rings is 4. The second-order valence-corrected chi connectivity index (χ2v) is 20.7. The zero-order chi connectivity index (χ0) is 39.5. The van der Waals surface area contributed by atoms with Crippen molar-refractivity contribution >= 4 is 8.32 Å². The smallest absolute Gasteiger partial charge is 0.192 e. The minimum atomic E-state index is -2.17. The van der Waals surface area contributed by atoms with Gasteiger partial charge in [-0.3, -0.25) is 0 Å². The van der Waals surface area contributed by atoms with E-state index in [1.807, 2.05) is 115 Å². The fraction of sp³-hybridized carbons (Fsp3) is 0.467. The quantitative estimate of drug-likeness (QED) is 0.0948. The molecule has 0 spiro atoms. The maximum atomic E-state index is 11.5. The molecule has 4 aromatic rings. The summed E-state index contributed by atoms with van der Waals surface area (Å²) in [7, 11) is -0.537. The van der Waals surface area contributed by atoms with Gasteiger partial charge < -0.3 is 47.4 Å². The van der Waals surface area contributed by atoms with Gasteiger partial charge >= 0.3 is 0 Å². The van der Waals surface area contributed by atoms with Gasteiger partial charge in [0.25, 0.3) is 0 Å². The van der Waals surface area contributed by atoms with Crippen LogP contribution in [0.3, 0.4) is 0 Å². The number of aliphatic hydroxyl groups is 1. The summed E-state index contributed by atoms with van der Waals surface area (Å²) in [5, 5.41) is 11.5.